The minimum absolute atomic E-state index is 0.0980. The van der Waals surface area contributed by atoms with E-state index < -0.39 is 0 Å². The van der Waals surface area contributed by atoms with E-state index in [0.717, 1.165) is 45.9 Å². The number of rotatable bonds is 4. The van der Waals surface area contributed by atoms with Gasteiger partial charge >= 0.3 is 0 Å². The third-order valence-electron chi connectivity index (χ3n) is 4.71. The number of benzene rings is 1. The molecular formula is C21H21N3O3. The molecule has 1 amide bonds. The number of hydrogen-bond donors (Lipinski definition) is 1. The number of aryl methyl sites for hydroxylation is 3. The Morgan fingerprint density at radius 2 is 2.11 bits per heavy atom. The molecule has 0 saturated heterocycles. The Kier molecular flexibility index (Phi) is 4.39. The van der Waals surface area contributed by atoms with Crippen LogP contribution >= 0.6 is 0 Å². The van der Waals surface area contributed by atoms with Gasteiger partial charge in [-0.15, -0.1) is 0 Å². The summed E-state index contributed by atoms with van der Waals surface area (Å²) in [6.45, 7) is 6.16. The smallest absolute Gasteiger partial charge is 0.287 e. The summed E-state index contributed by atoms with van der Waals surface area (Å²) in [7, 11) is 0. The van der Waals surface area contributed by atoms with Crippen LogP contribution in [0.4, 0.5) is 0 Å². The summed E-state index contributed by atoms with van der Waals surface area (Å²) in [6, 6.07) is 7.84. The zero-order chi connectivity index (χ0) is 19.0. The molecule has 3 aromatic rings. The van der Waals surface area contributed by atoms with Gasteiger partial charge in [-0.1, -0.05) is 0 Å². The van der Waals surface area contributed by atoms with Crippen molar-refractivity contribution in [2.75, 3.05) is 6.54 Å². The van der Waals surface area contributed by atoms with Gasteiger partial charge in [0.25, 0.3) is 5.91 Å². The highest BCUT2D eigenvalue weighted by molar-refractivity contribution is 5.92. The summed E-state index contributed by atoms with van der Waals surface area (Å²) >= 11 is 0. The molecule has 0 spiro atoms. The van der Waals surface area contributed by atoms with E-state index in [-0.39, 0.29) is 12.0 Å². The Morgan fingerprint density at radius 1 is 1.26 bits per heavy atom. The third-order valence-corrected chi connectivity index (χ3v) is 4.71. The predicted molar refractivity (Wildman–Crippen MR) is 101 cm³/mol. The maximum atomic E-state index is 12.2. The molecule has 1 aliphatic heterocycles. The van der Waals surface area contributed by atoms with E-state index in [4.69, 9.17) is 9.15 Å². The van der Waals surface area contributed by atoms with Crippen molar-refractivity contribution in [3.8, 4) is 17.0 Å². The van der Waals surface area contributed by atoms with Crippen LogP contribution in [0.3, 0.4) is 0 Å². The molecule has 6 nitrogen and oxygen atoms in total. The second kappa shape index (κ2) is 6.87. The minimum Gasteiger partial charge on any atom is -0.488 e. The fraction of sp³-hybridized carbons (Fsp3) is 0.286. The molecule has 138 valence electrons. The number of carbonyl (C=O) groups is 1. The highest BCUT2D eigenvalue weighted by Gasteiger charge is 2.25. The molecule has 27 heavy (non-hydrogen) atoms. The summed E-state index contributed by atoms with van der Waals surface area (Å²) in [5.74, 6) is 0.982. The monoisotopic (exact) mass is 363 g/mol. The van der Waals surface area contributed by atoms with Crippen LogP contribution in [0, 0.1) is 20.8 Å². The molecular weight excluding hydrogens is 342 g/mol. The summed E-state index contributed by atoms with van der Waals surface area (Å²) in [6.07, 6.45) is 3.93. The van der Waals surface area contributed by atoms with Crippen molar-refractivity contribution in [2.45, 2.75) is 33.3 Å². The van der Waals surface area contributed by atoms with Crippen LogP contribution in [0.2, 0.25) is 0 Å². The van der Waals surface area contributed by atoms with E-state index in [2.05, 4.69) is 21.4 Å². The lowest BCUT2D eigenvalue weighted by atomic mass is 10.0. The first kappa shape index (κ1) is 17.3. The first-order valence-corrected chi connectivity index (χ1v) is 8.94. The van der Waals surface area contributed by atoms with Gasteiger partial charge in [0.05, 0.1) is 29.9 Å². The van der Waals surface area contributed by atoms with Crippen molar-refractivity contribution in [3.63, 3.8) is 0 Å². The molecule has 4 rings (SSSR count). The number of nitrogens with zero attached hydrogens (tertiary/aromatic N) is 2. The van der Waals surface area contributed by atoms with Crippen molar-refractivity contribution in [3.05, 3.63) is 65.0 Å². The summed E-state index contributed by atoms with van der Waals surface area (Å²) in [5.41, 5.74) is 5.65. The number of carbonyl (C=O) groups excluding carboxylic acids is 1. The van der Waals surface area contributed by atoms with E-state index in [1.165, 1.54) is 6.26 Å². The summed E-state index contributed by atoms with van der Waals surface area (Å²) in [5, 5.41) is 2.89. The molecule has 0 radical (unpaired) electrons. The van der Waals surface area contributed by atoms with Crippen molar-refractivity contribution in [1.82, 2.24) is 15.3 Å². The molecule has 1 aromatic carbocycles. The normalized spacial score (nSPS) is 15.3. The van der Waals surface area contributed by atoms with Crippen LogP contribution in [0.1, 0.15) is 33.1 Å². The average Bonchev–Trinajstić information content (AvgIpc) is 3.26. The molecule has 1 atom stereocenters. The zero-order valence-electron chi connectivity index (χ0n) is 15.6. The second-order valence-electron chi connectivity index (χ2n) is 6.85. The lowest BCUT2D eigenvalue weighted by Gasteiger charge is -2.11. The van der Waals surface area contributed by atoms with Gasteiger partial charge in [0.1, 0.15) is 11.9 Å². The molecule has 1 aliphatic rings. The first-order chi connectivity index (χ1) is 13.0. The van der Waals surface area contributed by atoms with Gasteiger partial charge in [0, 0.05) is 23.7 Å². The van der Waals surface area contributed by atoms with Crippen molar-refractivity contribution >= 4 is 5.91 Å². The van der Waals surface area contributed by atoms with E-state index in [1.807, 2.05) is 32.9 Å². The fourth-order valence-electron chi connectivity index (χ4n) is 3.28. The molecule has 1 N–H and O–H groups in total. The van der Waals surface area contributed by atoms with Crippen LogP contribution in [0.5, 0.6) is 5.75 Å². The third kappa shape index (κ3) is 3.43. The molecule has 2 aromatic heterocycles. The minimum atomic E-state index is -0.219. The molecule has 1 unspecified atom stereocenters. The van der Waals surface area contributed by atoms with Crippen molar-refractivity contribution in [1.29, 1.82) is 0 Å². The van der Waals surface area contributed by atoms with Crippen LogP contribution < -0.4 is 10.1 Å². The number of ether oxygens (including phenoxy) is 1. The van der Waals surface area contributed by atoms with E-state index in [1.54, 1.807) is 12.3 Å². The van der Waals surface area contributed by atoms with Gasteiger partial charge in [-0.25, -0.2) is 4.98 Å². The molecule has 6 heteroatoms. The Labute approximate surface area is 157 Å². The molecule has 0 fully saturated rings. The van der Waals surface area contributed by atoms with Gasteiger partial charge in [-0.2, -0.15) is 0 Å². The summed E-state index contributed by atoms with van der Waals surface area (Å²) in [4.78, 5) is 21.2. The molecule has 3 heterocycles. The van der Waals surface area contributed by atoms with E-state index in [0.29, 0.717) is 12.3 Å². The average molecular weight is 363 g/mol. The number of furan rings is 1. The second-order valence-corrected chi connectivity index (χ2v) is 6.85. The Hall–Kier alpha value is -3.15. The van der Waals surface area contributed by atoms with Crippen LogP contribution in [-0.2, 0) is 6.42 Å². The van der Waals surface area contributed by atoms with E-state index in [9.17, 15) is 4.79 Å². The number of amides is 1. The van der Waals surface area contributed by atoms with E-state index >= 15 is 0 Å². The van der Waals surface area contributed by atoms with Crippen molar-refractivity contribution < 1.29 is 13.9 Å². The number of hydrogen-bond acceptors (Lipinski definition) is 5. The van der Waals surface area contributed by atoms with Gasteiger partial charge in [0.15, 0.2) is 5.76 Å². The quantitative estimate of drug-likeness (QED) is 0.769. The lowest BCUT2D eigenvalue weighted by Crippen LogP contribution is -2.34. The highest BCUT2D eigenvalue weighted by Crippen LogP contribution is 2.33. The number of fused-ring (bicyclic) bond motifs is 1. The molecule has 0 bridgehead atoms. The SMILES string of the molecule is Cc1cnc(C)c(-c2ccc3c(c2)CC(CNC(=O)c2occc2C)O3)n1. The van der Waals surface area contributed by atoms with Gasteiger partial charge in [0.2, 0.25) is 0 Å². The van der Waals surface area contributed by atoms with Gasteiger partial charge in [-0.05, 0) is 50.6 Å². The van der Waals surface area contributed by atoms with Crippen LogP contribution in [0.15, 0.2) is 41.1 Å². The zero-order valence-corrected chi connectivity index (χ0v) is 15.6. The van der Waals surface area contributed by atoms with Crippen molar-refractivity contribution in [2.24, 2.45) is 0 Å². The maximum absolute atomic E-state index is 12.2. The van der Waals surface area contributed by atoms with Crippen LogP contribution in [-0.4, -0.2) is 28.5 Å². The Balaban J connectivity index is 1.45. The standard InChI is InChI=1S/C21H21N3O3/c1-12-6-7-26-20(12)21(25)23-11-17-9-16-8-15(4-5-18(16)27-17)19-14(3)22-10-13(2)24-19/h4-8,10,17H,9,11H2,1-3H3,(H,23,25). The first-order valence-electron chi connectivity index (χ1n) is 8.94. The number of nitrogens with one attached hydrogen (secondary N) is 1. The Morgan fingerprint density at radius 3 is 2.89 bits per heavy atom. The van der Waals surface area contributed by atoms with Gasteiger partial charge in [-0.3, -0.25) is 9.78 Å². The Bertz CT molecular complexity index is 1010. The molecule has 0 saturated carbocycles. The predicted octanol–water partition coefficient (Wildman–Crippen LogP) is 3.40. The maximum Gasteiger partial charge on any atom is 0.287 e. The summed E-state index contributed by atoms with van der Waals surface area (Å²) < 4.78 is 11.2. The lowest BCUT2D eigenvalue weighted by molar-refractivity contribution is 0.0905. The van der Waals surface area contributed by atoms with Crippen LogP contribution in [0.25, 0.3) is 11.3 Å². The topological polar surface area (TPSA) is 77.2 Å². The fourth-order valence-corrected chi connectivity index (χ4v) is 3.28. The molecule has 0 aliphatic carbocycles. The number of aromatic nitrogens is 2. The van der Waals surface area contributed by atoms with Gasteiger partial charge < -0.3 is 14.5 Å². The largest absolute Gasteiger partial charge is 0.488 e. The highest BCUT2D eigenvalue weighted by atomic mass is 16.5.